The average molecular weight is 242 g/mol. The van der Waals surface area contributed by atoms with Crippen molar-refractivity contribution in [2.75, 3.05) is 5.73 Å². The maximum atomic E-state index is 5.90. The monoisotopic (exact) mass is 242 g/mol. The molecule has 94 valence electrons. The van der Waals surface area contributed by atoms with Crippen LogP contribution in [0.25, 0.3) is 11.1 Å². The minimum atomic E-state index is 0.135. The zero-order valence-corrected chi connectivity index (χ0v) is 11.0. The minimum Gasteiger partial charge on any atom is -0.491 e. The smallest absolute Gasteiger partial charge is 0.122 e. The van der Waals surface area contributed by atoms with Crippen LogP contribution >= 0.6 is 0 Å². The molecule has 0 unspecified atom stereocenters. The second kappa shape index (κ2) is 5.08. The summed E-state index contributed by atoms with van der Waals surface area (Å²) in [6, 6.07) is 9.78. The number of hydrogen-bond acceptors (Lipinski definition) is 3. The van der Waals surface area contributed by atoms with Gasteiger partial charge in [0, 0.05) is 29.2 Å². The van der Waals surface area contributed by atoms with Gasteiger partial charge in [-0.25, -0.2) is 0 Å². The van der Waals surface area contributed by atoms with Crippen molar-refractivity contribution in [3.63, 3.8) is 0 Å². The Balaban J connectivity index is 2.38. The number of anilines is 1. The summed E-state index contributed by atoms with van der Waals surface area (Å²) in [7, 11) is 0. The van der Waals surface area contributed by atoms with Gasteiger partial charge in [-0.2, -0.15) is 0 Å². The summed E-state index contributed by atoms with van der Waals surface area (Å²) in [5.41, 5.74) is 9.67. The number of aryl methyl sites for hydroxylation is 1. The highest BCUT2D eigenvalue weighted by molar-refractivity contribution is 5.69. The van der Waals surface area contributed by atoms with E-state index in [4.69, 9.17) is 10.5 Å². The van der Waals surface area contributed by atoms with Gasteiger partial charge in [-0.15, -0.1) is 0 Å². The molecule has 0 aliphatic heterocycles. The van der Waals surface area contributed by atoms with Crippen LogP contribution in [-0.4, -0.2) is 11.1 Å². The standard InChI is InChI=1S/C15H18N2O/c1-10(2)18-15-7-13(6-14(16)8-15)12-5-4-11(3)17-9-12/h4-10H,16H2,1-3H3. The Morgan fingerprint density at radius 1 is 1.11 bits per heavy atom. The first-order chi connectivity index (χ1) is 8.54. The lowest BCUT2D eigenvalue weighted by Gasteiger charge is -2.12. The van der Waals surface area contributed by atoms with Crippen LogP contribution in [0.4, 0.5) is 5.69 Å². The molecule has 2 aromatic rings. The molecule has 1 heterocycles. The van der Waals surface area contributed by atoms with E-state index in [9.17, 15) is 0 Å². The lowest BCUT2D eigenvalue weighted by Crippen LogP contribution is -2.05. The van der Waals surface area contributed by atoms with Gasteiger partial charge in [0.1, 0.15) is 5.75 Å². The van der Waals surface area contributed by atoms with Crippen LogP contribution in [0.3, 0.4) is 0 Å². The first-order valence-electron chi connectivity index (χ1n) is 6.05. The summed E-state index contributed by atoms with van der Waals surface area (Å²) in [5, 5.41) is 0. The topological polar surface area (TPSA) is 48.1 Å². The van der Waals surface area contributed by atoms with Crippen LogP contribution in [0.15, 0.2) is 36.5 Å². The SMILES string of the molecule is Cc1ccc(-c2cc(N)cc(OC(C)C)c2)cn1. The minimum absolute atomic E-state index is 0.135. The Morgan fingerprint density at radius 2 is 1.89 bits per heavy atom. The fraction of sp³-hybridized carbons (Fsp3) is 0.267. The highest BCUT2D eigenvalue weighted by Crippen LogP contribution is 2.27. The fourth-order valence-corrected chi connectivity index (χ4v) is 1.77. The van der Waals surface area contributed by atoms with E-state index in [2.05, 4.69) is 4.98 Å². The molecule has 1 aromatic heterocycles. The first-order valence-corrected chi connectivity index (χ1v) is 6.05. The molecule has 0 aliphatic carbocycles. The summed E-state index contributed by atoms with van der Waals surface area (Å²) in [4.78, 5) is 4.29. The van der Waals surface area contributed by atoms with Crippen molar-refractivity contribution in [2.45, 2.75) is 26.9 Å². The van der Waals surface area contributed by atoms with Crippen LogP contribution in [0.5, 0.6) is 5.75 Å². The third kappa shape index (κ3) is 3.00. The Kier molecular flexibility index (Phi) is 3.51. The van der Waals surface area contributed by atoms with Gasteiger partial charge in [-0.3, -0.25) is 4.98 Å². The van der Waals surface area contributed by atoms with Gasteiger partial charge in [0.05, 0.1) is 6.10 Å². The van der Waals surface area contributed by atoms with Crippen molar-refractivity contribution < 1.29 is 4.74 Å². The Bertz CT molecular complexity index is 533. The van der Waals surface area contributed by atoms with Crippen molar-refractivity contribution >= 4 is 5.69 Å². The second-order valence-electron chi connectivity index (χ2n) is 4.65. The number of benzene rings is 1. The molecule has 2 rings (SSSR count). The fourth-order valence-electron chi connectivity index (χ4n) is 1.77. The highest BCUT2D eigenvalue weighted by atomic mass is 16.5. The van der Waals surface area contributed by atoms with E-state index >= 15 is 0 Å². The number of hydrogen-bond donors (Lipinski definition) is 1. The van der Waals surface area contributed by atoms with E-state index in [1.807, 2.05) is 57.3 Å². The van der Waals surface area contributed by atoms with Crippen molar-refractivity contribution in [3.05, 3.63) is 42.2 Å². The molecule has 0 saturated carbocycles. The number of rotatable bonds is 3. The van der Waals surface area contributed by atoms with Crippen LogP contribution in [0.2, 0.25) is 0 Å². The van der Waals surface area contributed by atoms with Crippen molar-refractivity contribution in [3.8, 4) is 16.9 Å². The quantitative estimate of drug-likeness (QED) is 0.839. The van der Waals surface area contributed by atoms with Gasteiger partial charge in [-0.05, 0) is 44.5 Å². The van der Waals surface area contributed by atoms with Gasteiger partial charge in [0.15, 0.2) is 0 Å². The van der Waals surface area contributed by atoms with Gasteiger partial charge in [0.2, 0.25) is 0 Å². The predicted molar refractivity (Wildman–Crippen MR) is 74.6 cm³/mol. The molecular weight excluding hydrogens is 224 g/mol. The van der Waals surface area contributed by atoms with E-state index in [0.717, 1.165) is 22.6 Å². The molecule has 3 heteroatoms. The Hall–Kier alpha value is -2.03. The van der Waals surface area contributed by atoms with E-state index in [1.54, 1.807) is 0 Å². The van der Waals surface area contributed by atoms with Gasteiger partial charge in [0.25, 0.3) is 0 Å². The Morgan fingerprint density at radius 3 is 2.50 bits per heavy atom. The molecule has 0 fully saturated rings. The van der Waals surface area contributed by atoms with Gasteiger partial charge >= 0.3 is 0 Å². The summed E-state index contributed by atoms with van der Waals surface area (Å²) in [5.74, 6) is 0.792. The molecule has 0 radical (unpaired) electrons. The number of nitrogen functional groups attached to an aromatic ring is 1. The average Bonchev–Trinajstić information content (AvgIpc) is 2.28. The predicted octanol–water partition coefficient (Wildman–Crippen LogP) is 3.43. The maximum absolute atomic E-state index is 5.90. The third-order valence-corrected chi connectivity index (χ3v) is 2.55. The summed E-state index contributed by atoms with van der Waals surface area (Å²) >= 11 is 0. The lowest BCUT2D eigenvalue weighted by atomic mass is 10.1. The summed E-state index contributed by atoms with van der Waals surface area (Å²) in [6.45, 7) is 5.96. The van der Waals surface area contributed by atoms with E-state index in [1.165, 1.54) is 0 Å². The summed E-state index contributed by atoms with van der Waals surface area (Å²) in [6.07, 6.45) is 1.99. The first kappa shape index (κ1) is 12.4. The number of nitrogens with zero attached hydrogens (tertiary/aromatic N) is 1. The molecule has 18 heavy (non-hydrogen) atoms. The molecule has 0 aliphatic rings. The molecular formula is C15H18N2O. The van der Waals surface area contributed by atoms with Crippen molar-refractivity contribution in [1.82, 2.24) is 4.98 Å². The molecule has 0 amide bonds. The highest BCUT2D eigenvalue weighted by Gasteiger charge is 2.04. The number of nitrogens with two attached hydrogens (primary N) is 1. The summed E-state index contributed by atoms with van der Waals surface area (Å²) < 4.78 is 5.68. The number of ether oxygens (including phenoxy) is 1. The van der Waals surface area contributed by atoms with E-state index in [-0.39, 0.29) is 6.10 Å². The normalized spacial score (nSPS) is 10.7. The van der Waals surface area contributed by atoms with Crippen molar-refractivity contribution in [1.29, 1.82) is 0 Å². The molecule has 0 saturated heterocycles. The molecule has 0 spiro atoms. The van der Waals surface area contributed by atoms with Crippen LogP contribution in [0.1, 0.15) is 19.5 Å². The second-order valence-corrected chi connectivity index (χ2v) is 4.65. The zero-order valence-electron chi connectivity index (χ0n) is 11.0. The molecule has 0 atom stereocenters. The van der Waals surface area contributed by atoms with Crippen LogP contribution in [-0.2, 0) is 0 Å². The molecule has 0 bridgehead atoms. The van der Waals surface area contributed by atoms with Crippen LogP contribution in [0, 0.1) is 6.92 Å². The van der Waals surface area contributed by atoms with Gasteiger partial charge in [-0.1, -0.05) is 6.07 Å². The van der Waals surface area contributed by atoms with Crippen molar-refractivity contribution in [2.24, 2.45) is 0 Å². The zero-order chi connectivity index (χ0) is 13.1. The van der Waals surface area contributed by atoms with Crippen LogP contribution < -0.4 is 10.5 Å². The van der Waals surface area contributed by atoms with E-state index < -0.39 is 0 Å². The molecule has 3 nitrogen and oxygen atoms in total. The van der Waals surface area contributed by atoms with Gasteiger partial charge < -0.3 is 10.5 Å². The third-order valence-electron chi connectivity index (χ3n) is 2.55. The Labute approximate surface area is 108 Å². The molecule has 2 N–H and O–H groups in total. The lowest BCUT2D eigenvalue weighted by molar-refractivity contribution is 0.242. The van der Waals surface area contributed by atoms with E-state index in [0.29, 0.717) is 5.69 Å². The molecule has 1 aromatic carbocycles. The maximum Gasteiger partial charge on any atom is 0.122 e. The number of pyridine rings is 1. The largest absolute Gasteiger partial charge is 0.491 e. The number of aromatic nitrogens is 1.